The maximum Gasteiger partial charge on any atom is 0.337 e. The molecule has 0 bridgehead atoms. The van der Waals surface area contributed by atoms with Gasteiger partial charge in [-0.1, -0.05) is 6.07 Å². The SMILES string of the molecule is CCN(CC)C(=O)c1cccc(NC(=O)COc2ccc(C(=O)OC)cc2)c1. The van der Waals surface area contributed by atoms with Crippen LogP contribution in [0.5, 0.6) is 5.75 Å². The summed E-state index contributed by atoms with van der Waals surface area (Å²) in [6.07, 6.45) is 0. The molecular formula is C21H24N2O5. The van der Waals surface area contributed by atoms with Gasteiger partial charge >= 0.3 is 5.97 Å². The zero-order valence-electron chi connectivity index (χ0n) is 16.2. The van der Waals surface area contributed by atoms with E-state index >= 15 is 0 Å². The molecule has 28 heavy (non-hydrogen) atoms. The number of esters is 1. The summed E-state index contributed by atoms with van der Waals surface area (Å²) in [6.45, 7) is 4.87. The van der Waals surface area contributed by atoms with Gasteiger partial charge in [-0.3, -0.25) is 9.59 Å². The van der Waals surface area contributed by atoms with E-state index in [0.29, 0.717) is 35.7 Å². The fourth-order valence-corrected chi connectivity index (χ4v) is 2.57. The summed E-state index contributed by atoms with van der Waals surface area (Å²) in [5.41, 5.74) is 1.43. The summed E-state index contributed by atoms with van der Waals surface area (Å²) in [5.74, 6) is -0.427. The average molecular weight is 384 g/mol. The number of nitrogens with one attached hydrogen (secondary N) is 1. The molecule has 2 aromatic carbocycles. The van der Waals surface area contributed by atoms with Crippen molar-refractivity contribution >= 4 is 23.5 Å². The van der Waals surface area contributed by atoms with Gasteiger partial charge < -0.3 is 19.7 Å². The Morgan fingerprint density at radius 2 is 1.64 bits per heavy atom. The highest BCUT2D eigenvalue weighted by Gasteiger charge is 2.13. The summed E-state index contributed by atoms with van der Waals surface area (Å²) in [5, 5.41) is 2.71. The van der Waals surface area contributed by atoms with Crippen molar-refractivity contribution in [2.75, 3.05) is 32.1 Å². The zero-order valence-corrected chi connectivity index (χ0v) is 16.2. The van der Waals surface area contributed by atoms with Crippen molar-refractivity contribution in [1.82, 2.24) is 4.90 Å². The van der Waals surface area contributed by atoms with Gasteiger partial charge in [-0.25, -0.2) is 4.79 Å². The number of hydrogen-bond donors (Lipinski definition) is 1. The smallest absolute Gasteiger partial charge is 0.337 e. The van der Waals surface area contributed by atoms with Crippen molar-refractivity contribution < 1.29 is 23.9 Å². The molecule has 0 heterocycles. The number of benzene rings is 2. The minimum absolute atomic E-state index is 0.0805. The number of carbonyl (C=O) groups excluding carboxylic acids is 3. The second kappa shape index (κ2) is 10.1. The first-order valence-corrected chi connectivity index (χ1v) is 8.98. The molecule has 0 aliphatic rings. The molecule has 0 unspecified atom stereocenters. The van der Waals surface area contributed by atoms with Crippen molar-refractivity contribution in [3.63, 3.8) is 0 Å². The van der Waals surface area contributed by atoms with Crippen LogP contribution in [0, 0.1) is 0 Å². The van der Waals surface area contributed by atoms with E-state index in [-0.39, 0.29) is 18.4 Å². The number of methoxy groups -OCH3 is 1. The minimum Gasteiger partial charge on any atom is -0.484 e. The van der Waals surface area contributed by atoms with Crippen molar-refractivity contribution in [1.29, 1.82) is 0 Å². The first-order chi connectivity index (χ1) is 13.5. The molecule has 0 saturated heterocycles. The topological polar surface area (TPSA) is 84.9 Å². The Bertz CT molecular complexity index is 829. The van der Waals surface area contributed by atoms with Crippen LogP contribution in [0.3, 0.4) is 0 Å². The van der Waals surface area contributed by atoms with Crippen molar-refractivity contribution in [2.45, 2.75) is 13.8 Å². The molecule has 148 valence electrons. The van der Waals surface area contributed by atoms with Gasteiger partial charge in [0.05, 0.1) is 12.7 Å². The Hall–Kier alpha value is -3.35. The van der Waals surface area contributed by atoms with E-state index in [1.807, 2.05) is 13.8 Å². The van der Waals surface area contributed by atoms with E-state index in [1.165, 1.54) is 7.11 Å². The Balaban J connectivity index is 1.93. The number of ether oxygens (including phenoxy) is 2. The molecule has 7 nitrogen and oxygen atoms in total. The normalized spacial score (nSPS) is 10.1. The summed E-state index contributed by atoms with van der Waals surface area (Å²) in [7, 11) is 1.31. The van der Waals surface area contributed by atoms with Crippen LogP contribution in [0.15, 0.2) is 48.5 Å². The monoisotopic (exact) mass is 384 g/mol. The fraction of sp³-hybridized carbons (Fsp3) is 0.286. The summed E-state index contributed by atoms with van der Waals surface area (Å²) in [6, 6.07) is 13.1. The molecule has 2 amide bonds. The lowest BCUT2D eigenvalue weighted by molar-refractivity contribution is -0.118. The van der Waals surface area contributed by atoms with E-state index in [0.717, 1.165) is 0 Å². The van der Waals surface area contributed by atoms with Crippen LogP contribution in [-0.4, -0.2) is 49.5 Å². The number of amides is 2. The predicted octanol–water partition coefficient (Wildman–Crippen LogP) is 2.97. The third kappa shape index (κ3) is 5.57. The first kappa shape index (κ1) is 21.0. The summed E-state index contributed by atoms with van der Waals surface area (Å²) < 4.78 is 10.0. The second-order valence-electron chi connectivity index (χ2n) is 5.91. The third-order valence-corrected chi connectivity index (χ3v) is 4.09. The number of anilines is 1. The first-order valence-electron chi connectivity index (χ1n) is 8.98. The molecule has 0 spiro atoms. The third-order valence-electron chi connectivity index (χ3n) is 4.09. The average Bonchev–Trinajstić information content (AvgIpc) is 2.73. The van der Waals surface area contributed by atoms with Crippen LogP contribution in [0.4, 0.5) is 5.69 Å². The largest absolute Gasteiger partial charge is 0.484 e. The van der Waals surface area contributed by atoms with Crippen LogP contribution < -0.4 is 10.1 Å². The van der Waals surface area contributed by atoms with Gasteiger partial charge in [-0.15, -0.1) is 0 Å². The molecule has 1 N–H and O–H groups in total. The van der Waals surface area contributed by atoms with Gasteiger partial charge in [0.2, 0.25) is 0 Å². The highest BCUT2D eigenvalue weighted by Crippen LogP contribution is 2.15. The molecule has 0 radical (unpaired) electrons. The molecule has 0 saturated carbocycles. The Morgan fingerprint density at radius 1 is 0.964 bits per heavy atom. The Morgan fingerprint density at radius 3 is 2.25 bits per heavy atom. The van der Waals surface area contributed by atoms with E-state index in [9.17, 15) is 14.4 Å². The van der Waals surface area contributed by atoms with Crippen LogP contribution in [0.1, 0.15) is 34.6 Å². The summed E-state index contributed by atoms with van der Waals surface area (Å²) in [4.78, 5) is 37.6. The van der Waals surface area contributed by atoms with Gasteiger partial charge in [-0.05, 0) is 56.3 Å². The molecule has 0 aliphatic carbocycles. The second-order valence-corrected chi connectivity index (χ2v) is 5.91. The van der Waals surface area contributed by atoms with Crippen LogP contribution in [0.2, 0.25) is 0 Å². The molecule has 0 atom stereocenters. The van der Waals surface area contributed by atoms with Crippen molar-refractivity contribution in [2.24, 2.45) is 0 Å². The maximum absolute atomic E-state index is 12.4. The van der Waals surface area contributed by atoms with Crippen molar-refractivity contribution in [3.8, 4) is 5.75 Å². The van der Waals surface area contributed by atoms with Gasteiger partial charge in [-0.2, -0.15) is 0 Å². The lowest BCUT2D eigenvalue weighted by Gasteiger charge is -2.19. The predicted molar refractivity (Wildman–Crippen MR) is 106 cm³/mol. The van der Waals surface area contributed by atoms with Crippen LogP contribution in [0.25, 0.3) is 0 Å². The minimum atomic E-state index is -0.441. The van der Waals surface area contributed by atoms with E-state index in [2.05, 4.69) is 10.1 Å². The fourth-order valence-electron chi connectivity index (χ4n) is 2.57. The van der Waals surface area contributed by atoms with Gasteiger partial charge in [0, 0.05) is 24.3 Å². The standard InChI is InChI=1S/C21H24N2O5/c1-4-23(5-2)20(25)16-7-6-8-17(13-16)22-19(24)14-28-18-11-9-15(10-12-18)21(26)27-3/h6-13H,4-5,14H2,1-3H3,(H,22,24). The molecule has 2 aromatic rings. The maximum atomic E-state index is 12.4. The quantitative estimate of drug-likeness (QED) is 0.708. The van der Waals surface area contributed by atoms with Crippen LogP contribution >= 0.6 is 0 Å². The van der Waals surface area contributed by atoms with Crippen LogP contribution in [-0.2, 0) is 9.53 Å². The number of carbonyl (C=O) groups is 3. The lowest BCUT2D eigenvalue weighted by atomic mass is 10.1. The molecule has 2 rings (SSSR count). The van der Waals surface area contributed by atoms with Crippen molar-refractivity contribution in [3.05, 3.63) is 59.7 Å². The number of rotatable bonds is 8. The Labute approximate surface area is 164 Å². The van der Waals surface area contributed by atoms with E-state index < -0.39 is 5.97 Å². The number of hydrogen-bond acceptors (Lipinski definition) is 5. The van der Waals surface area contributed by atoms with E-state index in [1.54, 1.807) is 53.4 Å². The summed E-state index contributed by atoms with van der Waals surface area (Å²) >= 11 is 0. The van der Waals surface area contributed by atoms with Gasteiger partial charge in [0.25, 0.3) is 11.8 Å². The highest BCUT2D eigenvalue weighted by atomic mass is 16.5. The Kier molecular flexibility index (Phi) is 7.56. The van der Waals surface area contributed by atoms with Gasteiger partial charge in [0.15, 0.2) is 6.61 Å². The lowest BCUT2D eigenvalue weighted by Crippen LogP contribution is -2.30. The highest BCUT2D eigenvalue weighted by molar-refractivity contribution is 5.97. The zero-order chi connectivity index (χ0) is 20.5. The molecular weight excluding hydrogens is 360 g/mol. The van der Waals surface area contributed by atoms with Gasteiger partial charge in [0.1, 0.15) is 5.75 Å². The van der Waals surface area contributed by atoms with E-state index in [4.69, 9.17) is 4.74 Å². The molecule has 0 aliphatic heterocycles. The molecule has 0 fully saturated rings. The number of nitrogens with zero attached hydrogens (tertiary/aromatic N) is 1. The molecule has 7 heteroatoms. The molecule has 0 aromatic heterocycles.